The van der Waals surface area contributed by atoms with Crippen LogP contribution in [0.25, 0.3) is 11.4 Å². The van der Waals surface area contributed by atoms with E-state index in [-0.39, 0.29) is 11.7 Å². The number of rotatable bonds is 5. The zero-order valence-corrected chi connectivity index (χ0v) is 18.5. The third-order valence-electron chi connectivity index (χ3n) is 5.52. The molecule has 0 spiro atoms. The summed E-state index contributed by atoms with van der Waals surface area (Å²) in [5, 5.41) is 10.8. The van der Waals surface area contributed by atoms with E-state index in [1.165, 1.54) is 12.1 Å². The van der Waals surface area contributed by atoms with E-state index in [4.69, 9.17) is 4.74 Å². The summed E-state index contributed by atoms with van der Waals surface area (Å²) >= 11 is 0. The highest BCUT2D eigenvalue weighted by Crippen LogP contribution is 2.36. The van der Waals surface area contributed by atoms with Crippen molar-refractivity contribution in [2.24, 2.45) is 0 Å². The average molecular weight is 456 g/mol. The Labute approximate surface area is 195 Å². The van der Waals surface area contributed by atoms with Gasteiger partial charge in [0.1, 0.15) is 17.6 Å². The Bertz CT molecular complexity index is 1380. The minimum Gasteiger partial charge on any atom is -0.495 e. The number of anilines is 2. The number of amides is 1. The predicted molar refractivity (Wildman–Crippen MR) is 126 cm³/mol. The fraction of sp³-hybridized carbons (Fsp3) is 0.120. The molecular weight excluding hydrogens is 435 g/mol. The Morgan fingerprint density at radius 3 is 2.59 bits per heavy atom. The van der Waals surface area contributed by atoms with E-state index in [9.17, 15) is 9.18 Å². The highest BCUT2D eigenvalue weighted by molar-refractivity contribution is 6.06. The minimum absolute atomic E-state index is 0.324. The summed E-state index contributed by atoms with van der Waals surface area (Å²) in [5.74, 6) is 0.746. The van der Waals surface area contributed by atoms with Crippen LogP contribution in [0.1, 0.15) is 18.7 Å². The number of halogens is 1. The van der Waals surface area contributed by atoms with Crippen LogP contribution in [0.15, 0.2) is 84.2 Å². The summed E-state index contributed by atoms with van der Waals surface area (Å²) < 4.78 is 20.4. The third-order valence-corrected chi connectivity index (χ3v) is 5.52. The molecule has 34 heavy (non-hydrogen) atoms. The van der Waals surface area contributed by atoms with E-state index in [2.05, 4.69) is 25.7 Å². The van der Waals surface area contributed by atoms with Crippen LogP contribution < -0.4 is 15.4 Å². The SMILES string of the molecule is COc1ccccc1NC(=O)C1=C(C)Nc2nc(-c3ccc(F)cc3)nn2C1c1ccccn1. The summed E-state index contributed by atoms with van der Waals surface area (Å²) in [7, 11) is 1.55. The van der Waals surface area contributed by atoms with Crippen molar-refractivity contribution < 1.29 is 13.9 Å². The van der Waals surface area contributed by atoms with Crippen molar-refractivity contribution in [3.8, 4) is 17.1 Å². The molecule has 2 aromatic heterocycles. The van der Waals surface area contributed by atoms with E-state index in [1.807, 2.05) is 37.3 Å². The Balaban J connectivity index is 1.58. The lowest BCUT2D eigenvalue weighted by molar-refractivity contribution is -0.113. The van der Waals surface area contributed by atoms with Crippen molar-refractivity contribution in [2.75, 3.05) is 17.7 Å². The van der Waals surface area contributed by atoms with Gasteiger partial charge in [0.05, 0.1) is 24.1 Å². The summed E-state index contributed by atoms with van der Waals surface area (Å²) in [6.45, 7) is 1.81. The van der Waals surface area contributed by atoms with Crippen LogP contribution >= 0.6 is 0 Å². The number of ether oxygens (including phenoxy) is 1. The van der Waals surface area contributed by atoms with Crippen LogP contribution in [0.4, 0.5) is 16.0 Å². The molecule has 1 amide bonds. The molecule has 3 heterocycles. The van der Waals surface area contributed by atoms with Crippen molar-refractivity contribution in [1.29, 1.82) is 0 Å². The van der Waals surface area contributed by atoms with Crippen LogP contribution in [-0.2, 0) is 4.79 Å². The number of allylic oxidation sites excluding steroid dienone is 1. The van der Waals surface area contributed by atoms with Crippen molar-refractivity contribution >= 4 is 17.5 Å². The fourth-order valence-corrected chi connectivity index (χ4v) is 3.92. The molecule has 170 valence electrons. The largest absolute Gasteiger partial charge is 0.495 e. The highest BCUT2D eigenvalue weighted by Gasteiger charge is 2.35. The number of hydrogen-bond acceptors (Lipinski definition) is 6. The van der Waals surface area contributed by atoms with Crippen LogP contribution in [0.2, 0.25) is 0 Å². The number of carbonyl (C=O) groups is 1. The molecular formula is C25H21FN6O2. The van der Waals surface area contributed by atoms with Crippen molar-refractivity contribution in [2.45, 2.75) is 13.0 Å². The molecule has 1 aliphatic heterocycles. The number of fused-ring (bicyclic) bond motifs is 1. The number of nitrogens with one attached hydrogen (secondary N) is 2. The molecule has 1 aliphatic rings. The van der Waals surface area contributed by atoms with Crippen molar-refractivity contribution in [3.63, 3.8) is 0 Å². The van der Waals surface area contributed by atoms with Crippen LogP contribution in [0, 0.1) is 5.82 Å². The van der Waals surface area contributed by atoms with E-state index < -0.39 is 6.04 Å². The molecule has 2 N–H and O–H groups in total. The van der Waals surface area contributed by atoms with Gasteiger partial charge in [0.15, 0.2) is 5.82 Å². The first-order valence-electron chi connectivity index (χ1n) is 10.6. The summed E-state index contributed by atoms with van der Waals surface area (Å²) in [6.07, 6.45) is 1.67. The first-order chi connectivity index (χ1) is 16.5. The summed E-state index contributed by atoms with van der Waals surface area (Å²) in [4.78, 5) is 22.6. The number of pyridine rings is 1. The molecule has 1 atom stereocenters. The first kappa shape index (κ1) is 21.3. The van der Waals surface area contributed by atoms with Crippen molar-refractivity contribution in [3.05, 3.63) is 95.7 Å². The lowest BCUT2D eigenvalue weighted by Crippen LogP contribution is -2.32. The second-order valence-corrected chi connectivity index (χ2v) is 7.69. The zero-order chi connectivity index (χ0) is 23.7. The van der Waals surface area contributed by atoms with E-state index in [1.54, 1.807) is 42.3 Å². The molecule has 8 nitrogen and oxygen atoms in total. The third kappa shape index (κ3) is 3.88. The zero-order valence-electron chi connectivity index (χ0n) is 18.5. The van der Waals surface area contributed by atoms with E-state index in [0.717, 1.165) is 0 Å². The maximum atomic E-state index is 13.6. The highest BCUT2D eigenvalue weighted by atomic mass is 19.1. The molecule has 5 rings (SSSR count). The van der Waals surface area contributed by atoms with Gasteiger partial charge in [0.2, 0.25) is 5.95 Å². The number of benzene rings is 2. The lowest BCUT2D eigenvalue weighted by atomic mass is 9.98. The number of methoxy groups -OCH3 is 1. The van der Waals surface area contributed by atoms with Gasteiger partial charge < -0.3 is 15.4 Å². The number of carbonyl (C=O) groups excluding carboxylic acids is 1. The Kier molecular flexibility index (Phi) is 5.51. The Morgan fingerprint density at radius 1 is 1.09 bits per heavy atom. The minimum atomic E-state index is -0.631. The van der Waals surface area contributed by atoms with E-state index in [0.29, 0.717) is 45.7 Å². The second-order valence-electron chi connectivity index (χ2n) is 7.69. The van der Waals surface area contributed by atoms with Crippen molar-refractivity contribution in [1.82, 2.24) is 19.7 Å². The van der Waals surface area contributed by atoms with Gasteiger partial charge >= 0.3 is 0 Å². The molecule has 0 saturated carbocycles. The number of aromatic nitrogens is 4. The topological polar surface area (TPSA) is 94.0 Å². The molecule has 0 saturated heterocycles. The van der Waals surface area contributed by atoms with Gasteiger partial charge in [-0.3, -0.25) is 9.78 Å². The first-order valence-corrected chi connectivity index (χ1v) is 10.6. The maximum absolute atomic E-state index is 13.6. The molecule has 0 aliphatic carbocycles. The molecule has 4 aromatic rings. The lowest BCUT2D eigenvalue weighted by Gasteiger charge is -2.28. The predicted octanol–water partition coefficient (Wildman–Crippen LogP) is 4.42. The molecule has 9 heteroatoms. The van der Waals surface area contributed by atoms with Gasteiger partial charge in [-0.1, -0.05) is 18.2 Å². The normalized spacial score (nSPS) is 14.9. The van der Waals surface area contributed by atoms with Gasteiger partial charge in [-0.15, -0.1) is 5.10 Å². The maximum Gasteiger partial charge on any atom is 0.256 e. The molecule has 2 aromatic carbocycles. The average Bonchev–Trinajstić information content (AvgIpc) is 3.28. The number of nitrogens with zero attached hydrogens (tertiary/aromatic N) is 4. The van der Waals surface area contributed by atoms with Crippen LogP contribution in [-0.4, -0.2) is 32.8 Å². The quantitative estimate of drug-likeness (QED) is 0.462. The summed E-state index contributed by atoms with van der Waals surface area (Å²) in [5.41, 5.74) is 2.89. The standard InChI is InChI=1S/C25H21FN6O2/c1-15-21(24(33)29-18-7-3-4-9-20(18)34-2)22(19-8-5-6-14-27-19)32-25(28-15)30-23(31-32)16-10-12-17(26)13-11-16/h3-14,22H,1-2H3,(H,29,33)(H,28,30,31). The van der Waals surface area contributed by atoms with Gasteiger partial charge in [-0.25, -0.2) is 9.07 Å². The monoisotopic (exact) mass is 456 g/mol. The molecule has 0 radical (unpaired) electrons. The van der Waals surface area contributed by atoms with Crippen LogP contribution in [0.3, 0.4) is 0 Å². The Morgan fingerprint density at radius 2 is 1.85 bits per heavy atom. The fourth-order valence-electron chi connectivity index (χ4n) is 3.92. The molecule has 0 fully saturated rings. The molecule has 1 unspecified atom stereocenters. The second kappa shape index (κ2) is 8.78. The number of para-hydroxylation sites is 2. The Hall–Kier alpha value is -4.53. The molecule has 0 bridgehead atoms. The van der Waals surface area contributed by atoms with Gasteiger partial charge in [0, 0.05) is 17.5 Å². The van der Waals surface area contributed by atoms with E-state index >= 15 is 0 Å². The van der Waals surface area contributed by atoms with Crippen LogP contribution in [0.5, 0.6) is 5.75 Å². The number of hydrogen-bond donors (Lipinski definition) is 2. The van der Waals surface area contributed by atoms with Gasteiger partial charge in [-0.05, 0) is 55.5 Å². The van der Waals surface area contributed by atoms with Gasteiger partial charge in [-0.2, -0.15) is 4.98 Å². The smallest absolute Gasteiger partial charge is 0.256 e. The van der Waals surface area contributed by atoms with Gasteiger partial charge in [0.25, 0.3) is 5.91 Å². The summed E-state index contributed by atoms with van der Waals surface area (Å²) in [6, 6.07) is 18.0.